The summed E-state index contributed by atoms with van der Waals surface area (Å²) < 4.78 is 11.3. The highest BCUT2D eigenvalue weighted by Crippen LogP contribution is 2.33. The molecule has 1 aliphatic heterocycles. The molecular formula is C27H39N3O2. The van der Waals surface area contributed by atoms with E-state index in [9.17, 15) is 0 Å². The van der Waals surface area contributed by atoms with Crippen LogP contribution in [0.15, 0.2) is 36.7 Å². The van der Waals surface area contributed by atoms with E-state index in [0.29, 0.717) is 0 Å². The Balaban J connectivity index is 1.45. The first kappa shape index (κ1) is 23.1. The number of likely N-dealkylation sites (tertiary alicyclic amines) is 1. The minimum Gasteiger partial charge on any atom is -0.496 e. The van der Waals surface area contributed by atoms with E-state index in [-0.39, 0.29) is 0 Å². The van der Waals surface area contributed by atoms with Gasteiger partial charge in [-0.25, -0.2) is 0 Å². The van der Waals surface area contributed by atoms with Crippen molar-refractivity contribution in [3.63, 3.8) is 0 Å². The SMILES string of the molecule is COc1ccc(CN(Cc2cccnc2)CC2CCN(C3CCCC3)CC2)c(OC)c1C. The van der Waals surface area contributed by atoms with Gasteiger partial charge in [0, 0.05) is 49.2 Å². The fourth-order valence-corrected chi connectivity index (χ4v) is 5.67. The largest absolute Gasteiger partial charge is 0.496 e. The molecule has 32 heavy (non-hydrogen) atoms. The molecule has 174 valence electrons. The van der Waals surface area contributed by atoms with Crippen molar-refractivity contribution in [3.8, 4) is 11.5 Å². The van der Waals surface area contributed by atoms with Crippen LogP contribution in [0.25, 0.3) is 0 Å². The molecule has 2 heterocycles. The highest BCUT2D eigenvalue weighted by atomic mass is 16.5. The number of rotatable bonds is 9. The molecule has 1 saturated heterocycles. The third-order valence-corrected chi connectivity index (χ3v) is 7.39. The summed E-state index contributed by atoms with van der Waals surface area (Å²) in [5, 5.41) is 0. The summed E-state index contributed by atoms with van der Waals surface area (Å²) in [4.78, 5) is 9.69. The maximum absolute atomic E-state index is 5.81. The molecule has 2 aromatic rings. The molecule has 0 amide bonds. The van der Waals surface area contributed by atoms with Crippen molar-refractivity contribution in [2.75, 3.05) is 33.9 Å². The van der Waals surface area contributed by atoms with Crippen molar-refractivity contribution in [1.29, 1.82) is 0 Å². The summed E-state index contributed by atoms with van der Waals surface area (Å²) in [6, 6.07) is 9.29. The lowest BCUT2D eigenvalue weighted by molar-refractivity contribution is 0.106. The van der Waals surface area contributed by atoms with E-state index in [1.807, 2.05) is 18.5 Å². The Morgan fingerprint density at radius 3 is 2.44 bits per heavy atom. The van der Waals surface area contributed by atoms with Crippen LogP contribution >= 0.6 is 0 Å². The normalized spacial score (nSPS) is 18.4. The first-order valence-electron chi connectivity index (χ1n) is 12.2. The van der Waals surface area contributed by atoms with Crippen LogP contribution in [-0.4, -0.2) is 54.7 Å². The van der Waals surface area contributed by atoms with Gasteiger partial charge in [-0.3, -0.25) is 9.88 Å². The van der Waals surface area contributed by atoms with Crippen molar-refractivity contribution in [2.24, 2.45) is 5.92 Å². The lowest BCUT2D eigenvalue weighted by Gasteiger charge is -2.38. The van der Waals surface area contributed by atoms with E-state index < -0.39 is 0 Å². The molecule has 1 aliphatic carbocycles. The number of piperidine rings is 1. The Morgan fingerprint density at radius 1 is 1.00 bits per heavy atom. The van der Waals surface area contributed by atoms with Gasteiger partial charge in [0.15, 0.2) is 0 Å². The van der Waals surface area contributed by atoms with Gasteiger partial charge >= 0.3 is 0 Å². The maximum atomic E-state index is 5.81. The minimum atomic E-state index is 0.745. The van der Waals surface area contributed by atoms with Crippen LogP contribution < -0.4 is 9.47 Å². The highest BCUT2D eigenvalue weighted by Gasteiger charge is 2.28. The van der Waals surface area contributed by atoms with Crippen molar-refractivity contribution < 1.29 is 9.47 Å². The summed E-state index contributed by atoms with van der Waals surface area (Å²) in [5.74, 6) is 2.56. The van der Waals surface area contributed by atoms with Crippen LogP contribution in [0.5, 0.6) is 11.5 Å². The second-order valence-corrected chi connectivity index (χ2v) is 9.53. The second-order valence-electron chi connectivity index (χ2n) is 9.53. The first-order chi connectivity index (χ1) is 15.7. The molecule has 0 atom stereocenters. The molecule has 0 unspecified atom stereocenters. The van der Waals surface area contributed by atoms with Crippen molar-refractivity contribution in [3.05, 3.63) is 53.3 Å². The van der Waals surface area contributed by atoms with Crippen LogP contribution in [0, 0.1) is 12.8 Å². The molecule has 0 radical (unpaired) electrons. The summed E-state index contributed by atoms with van der Waals surface area (Å²) >= 11 is 0. The van der Waals surface area contributed by atoms with Gasteiger partial charge in [-0.2, -0.15) is 0 Å². The molecular weight excluding hydrogens is 398 g/mol. The van der Waals surface area contributed by atoms with Crippen LogP contribution in [0.3, 0.4) is 0 Å². The number of ether oxygens (including phenoxy) is 2. The predicted octanol–water partition coefficient (Wildman–Crippen LogP) is 5.06. The predicted molar refractivity (Wildman–Crippen MR) is 129 cm³/mol. The van der Waals surface area contributed by atoms with Crippen LogP contribution in [0.2, 0.25) is 0 Å². The number of hydrogen-bond donors (Lipinski definition) is 0. The number of hydrogen-bond acceptors (Lipinski definition) is 5. The Kier molecular flexibility index (Phi) is 8.04. The Hall–Kier alpha value is -2.11. The lowest BCUT2D eigenvalue weighted by atomic mass is 9.94. The summed E-state index contributed by atoms with van der Waals surface area (Å²) in [7, 11) is 3.48. The van der Waals surface area contributed by atoms with Crippen LogP contribution in [0.1, 0.15) is 55.2 Å². The van der Waals surface area contributed by atoms with Gasteiger partial charge in [0.1, 0.15) is 11.5 Å². The maximum Gasteiger partial charge on any atom is 0.129 e. The van der Waals surface area contributed by atoms with Gasteiger partial charge < -0.3 is 14.4 Å². The molecule has 5 nitrogen and oxygen atoms in total. The molecule has 2 aliphatic rings. The van der Waals surface area contributed by atoms with Gasteiger partial charge in [0.2, 0.25) is 0 Å². The van der Waals surface area contributed by atoms with E-state index in [1.165, 1.54) is 62.7 Å². The number of methoxy groups -OCH3 is 2. The monoisotopic (exact) mass is 437 g/mol. The van der Waals surface area contributed by atoms with Gasteiger partial charge in [-0.05, 0) is 69.3 Å². The standard InChI is InChI=1S/C27H39N3O2/c1-21-26(31-2)11-10-24(27(21)32-3)20-29(19-23-7-6-14-28-17-23)18-22-12-15-30(16-13-22)25-8-4-5-9-25/h6-7,10-11,14,17,22,25H,4-5,8-9,12-13,15-16,18-20H2,1-3H3. The Labute approximate surface area is 193 Å². The first-order valence-corrected chi connectivity index (χ1v) is 12.2. The minimum absolute atomic E-state index is 0.745. The van der Waals surface area contributed by atoms with E-state index in [1.54, 1.807) is 14.2 Å². The molecule has 1 aromatic heterocycles. The molecule has 1 saturated carbocycles. The zero-order valence-corrected chi connectivity index (χ0v) is 20.1. The molecule has 1 aromatic carbocycles. The molecule has 4 rings (SSSR count). The Morgan fingerprint density at radius 2 is 1.78 bits per heavy atom. The van der Waals surface area contributed by atoms with E-state index in [0.717, 1.165) is 48.7 Å². The van der Waals surface area contributed by atoms with Crippen LogP contribution in [0.4, 0.5) is 0 Å². The van der Waals surface area contributed by atoms with Crippen molar-refractivity contribution >= 4 is 0 Å². The lowest BCUT2D eigenvalue weighted by Crippen LogP contribution is -2.42. The summed E-state index contributed by atoms with van der Waals surface area (Å²) in [6.07, 6.45) is 12.1. The number of nitrogens with zero attached hydrogens (tertiary/aromatic N) is 3. The van der Waals surface area contributed by atoms with Crippen molar-refractivity contribution in [1.82, 2.24) is 14.8 Å². The third kappa shape index (κ3) is 5.62. The smallest absolute Gasteiger partial charge is 0.129 e. The topological polar surface area (TPSA) is 37.8 Å². The molecule has 0 N–H and O–H groups in total. The fraction of sp³-hybridized carbons (Fsp3) is 0.593. The van der Waals surface area contributed by atoms with E-state index >= 15 is 0 Å². The molecule has 5 heteroatoms. The third-order valence-electron chi connectivity index (χ3n) is 7.39. The number of aromatic nitrogens is 1. The zero-order valence-electron chi connectivity index (χ0n) is 20.1. The average Bonchev–Trinajstić information content (AvgIpc) is 3.36. The summed E-state index contributed by atoms with van der Waals surface area (Å²) in [6.45, 7) is 7.49. The highest BCUT2D eigenvalue weighted by molar-refractivity contribution is 5.49. The van der Waals surface area contributed by atoms with Gasteiger partial charge in [-0.15, -0.1) is 0 Å². The summed E-state index contributed by atoms with van der Waals surface area (Å²) in [5.41, 5.74) is 3.55. The van der Waals surface area contributed by atoms with Gasteiger partial charge in [-0.1, -0.05) is 25.0 Å². The number of pyridine rings is 1. The zero-order chi connectivity index (χ0) is 22.3. The molecule has 0 spiro atoms. The second kappa shape index (κ2) is 11.2. The van der Waals surface area contributed by atoms with E-state index in [4.69, 9.17) is 9.47 Å². The molecule has 0 bridgehead atoms. The fourth-order valence-electron chi connectivity index (χ4n) is 5.67. The quantitative estimate of drug-likeness (QED) is 0.548. The Bertz CT molecular complexity index is 843. The van der Waals surface area contributed by atoms with Crippen molar-refractivity contribution in [2.45, 2.75) is 64.6 Å². The van der Waals surface area contributed by atoms with Gasteiger partial charge in [0.05, 0.1) is 14.2 Å². The van der Waals surface area contributed by atoms with Crippen LogP contribution in [-0.2, 0) is 13.1 Å². The van der Waals surface area contributed by atoms with Gasteiger partial charge in [0.25, 0.3) is 0 Å². The average molecular weight is 438 g/mol. The number of benzene rings is 1. The van der Waals surface area contributed by atoms with E-state index in [2.05, 4.69) is 39.9 Å². The molecule has 2 fully saturated rings.